The van der Waals surface area contributed by atoms with Crippen LogP contribution in [0, 0.1) is 41.5 Å². The molecule has 12 aromatic carbocycles. The van der Waals surface area contributed by atoms with Crippen molar-refractivity contribution in [3.8, 4) is 77.9 Å². The summed E-state index contributed by atoms with van der Waals surface area (Å²) in [5, 5.41) is 12.9. The molecule has 0 atom stereocenters. The second-order valence-electron chi connectivity index (χ2n) is 20.2. The molecule has 0 nitrogen and oxygen atoms in total. The van der Waals surface area contributed by atoms with Crippen LogP contribution >= 0.6 is 11.3 Å². The number of hydrogen-bond acceptors (Lipinski definition) is 1. The molecule has 0 aliphatic heterocycles. The zero-order valence-corrected chi connectivity index (χ0v) is 41.7. The van der Waals surface area contributed by atoms with Crippen LogP contribution in [0.5, 0.6) is 0 Å². The van der Waals surface area contributed by atoms with Gasteiger partial charge in [0.1, 0.15) is 0 Å². The molecule has 0 spiro atoms. The molecule has 1 heteroatoms. The van der Waals surface area contributed by atoms with Crippen molar-refractivity contribution in [2.75, 3.05) is 0 Å². The van der Waals surface area contributed by atoms with E-state index in [1.807, 2.05) is 11.3 Å². The summed E-state index contributed by atoms with van der Waals surface area (Å²) in [6.07, 6.45) is 0. The molecule has 0 saturated carbocycles. The van der Waals surface area contributed by atoms with Gasteiger partial charge < -0.3 is 0 Å². The largest absolute Gasteiger partial charge is 0.135 e. The summed E-state index contributed by atoms with van der Waals surface area (Å²) in [4.78, 5) is 0. The van der Waals surface area contributed by atoms with Crippen LogP contribution in [0.3, 0.4) is 0 Å². The quantitative estimate of drug-likeness (QED) is 0.151. The number of thiophene rings is 1. The highest BCUT2D eigenvalue weighted by Crippen LogP contribution is 2.60. The van der Waals surface area contributed by atoms with Crippen LogP contribution < -0.4 is 0 Å². The zero-order valence-electron chi connectivity index (χ0n) is 40.9. The maximum atomic E-state index is 2.53. The van der Waals surface area contributed by atoms with Crippen LogP contribution in [-0.4, -0.2) is 0 Å². The van der Waals surface area contributed by atoms with Crippen molar-refractivity contribution >= 4 is 74.6 Å². The van der Waals surface area contributed by atoms with Gasteiger partial charge in [0.05, 0.1) is 0 Å². The van der Waals surface area contributed by atoms with Gasteiger partial charge in [0.25, 0.3) is 0 Å². The molecule has 71 heavy (non-hydrogen) atoms. The molecule has 336 valence electrons. The van der Waals surface area contributed by atoms with Gasteiger partial charge in [-0.2, -0.15) is 0 Å². The maximum absolute atomic E-state index is 2.53. The average Bonchev–Trinajstić information content (AvgIpc) is 3.93. The van der Waals surface area contributed by atoms with E-state index < -0.39 is 0 Å². The van der Waals surface area contributed by atoms with Crippen LogP contribution in [0.15, 0.2) is 194 Å². The van der Waals surface area contributed by atoms with Gasteiger partial charge in [0.2, 0.25) is 0 Å². The van der Waals surface area contributed by atoms with E-state index in [-0.39, 0.29) is 0 Å². The summed E-state index contributed by atoms with van der Waals surface area (Å²) in [7, 11) is 0. The van der Waals surface area contributed by atoms with Crippen molar-refractivity contribution in [1.29, 1.82) is 0 Å². The van der Waals surface area contributed by atoms with E-state index >= 15 is 0 Å². The fourth-order valence-corrected chi connectivity index (χ4v) is 14.4. The molecule has 0 fully saturated rings. The lowest BCUT2D eigenvalue weighted by atomic mass is 9.79. The van der Waals surface area contributed by atoms with Crippen LogP contribution in [0.4, 0.5) is 0 Å². The third-order valence-corrected chi connectivity index (χ3v) is 16.9. The number of hydrogen-bond donors (Lipinski definition) is 0. The lowest BCUT2D eigenvalue weighted by Crippen LogP contribution is -1.99. The molecule has 1 aliphatic carbocycles. The van der Waals surface area contributed by atoms with Crippen molar-refractivity contribution in [2.45, 2.75) is 41.5 Å². The highest BCUT2D eigenvalue weighted by Gasteiger charge is 2.33. The molecule has 1 heterocycles. The smallest absolute Gasteiger partial charge is 0.0434 e. The summed E-state index contributed by atoms with van der Waals surface area (Å²) < 4.78 is 2.63. The van der Waals surface area contributed by atoms with E-state index in [2.05, 4.69) is 236 Å². The molecule has 0 saturated heterocycles. The first-order valence-corrected chi connectivity index (χ1v) is 25.8. The fourth-order valence-electron chi connectivity index (χ4n) is 13.2. The lowest BCUT2D eigenvalue weighted by molar-refractivity contribution is 1.32. The number of fused-ring (bicyclic) bond motifs is 9. The first-order valence-electron chi connectivity index (χ1n) is 25.0. The van der Waals surface area contributed by atoms with Crippen molar-refractivity contribution in [1.82, 2.24) is 0 Å². The Bertz CT molecular complexity index is 4230. The number of benzene rings is 12. The Morgan fingerprint density at radius 2 is 0.676 bits per heavy atom. The minimum absolute atomic E-state index is 1.24. The molecule has 0 bridgehead atoms. The molecule has 0 amide bonds. The predicted molar refractivity (Wildman–Crippen MR) is 309 cm³/mol. The highest BCUT2D eigenvalue weighted by molar-refractivity contribution is 7.26. The summed E-state index contributed by atoms with van der Waals surface area (Å²) in [6, 6.07) is 73.9. The predicted octanol–water partition coefficient (Wildman–Crippen LogP) is 20.5. The first-order chi connectivity index (χ1) is 34.7. The van der Waals surface area contributed by atoms with Crippen LogP contribution in [0.25, 0.3) is 141 Å². The van der Waals surface area contributed by atoms with Gasteiger partial charge in [-0.05, 0) is 197 Å². The Morgan fingerprint density at radius 3 is 1.21 bits per heavy atom. The van der Waals surface area contributed by atoms with Crippen LogP contribution in [-0.2, 0) is 0 Å². The van der Waals surface area contributed by atoms with E-state index in [1.54, 1.807) is 0 Å². The van der Waals surface area contributed by atoms with Gasteiger partial charge in [-0.15, -0.1) is 11.3 Å². The van der Waals surface area contributed by atoms with E-state index in [1.165, 1.54) is 175 Å². The minimum Gasteiger partial charge on any atom is -0.135 e. The molecular weight excluding hydrogens is 873 g/mol. The van der Waals surface area contributed by atoms with Gasteiger partial charge in [-0.1, -0.05) is 187 Å². The summed E-state index contributed by atoms with van der Waals surface area (Å²) >= 11 is 1.92. The first kappa shape index (κ1) is 41.8. The van der Waals surface area contributed by atoms with E-state index in [0.717, 1.165) is 0 Å². The monoisotopic (exact) mass is 922 g/mol. The molecular formula is C70H50S. The lowest BCUT2D eigenvalue weighted by Gasteiger charge is -2.24. The second kappa shape index (κ2) is 15.7. The summed E-state index contributed by atoms with van der Waals surface area (Å²) in [5.74, 6) is 0. The zero-order chi connectivity index (χ0) is 47.8. The average molecular weight is 923 g/mol. The van der Waals surface area contributed by atoms with E-state index in [4.69, 9.17) is 0 Å². The van der Waals surface area contributed by atoms with Gasteiger partial charge in [0.15, 0.2) is 0 Å². The minimum atomic E-state index is 1.24. The molecule has 1 aromatic heterocycles. The van der Waals surface area contributed by atoms with Gasteiger partial charge in [-0.25, -0.2) is 0 Å². The molecule has 14 rings (SSSR count). The van der Waals surface area contributed by atoms with E-state index in [0.29, 0.717) is 0 Å². The normalized spacial score (nSPS) is 12.1. The molecule has 0 radical (unpaired) electrons. The Hall–Kier alpha value is -8.10. The highest BCUT2D eigenvalue weighted by atomic mass is 32.1. The third-order valence-electron chi connectivity index (χ3n) is 15.7. The third kappa shape index (κ3) is 6.09. The Morgan fingerprint density at radius 1 is 0.254 bits per heavy atom. The van der Waals surface area contributed by atoms with Crippen LogP contribution in [0.2, 0.25) is 0 Å². The molecule has 13 aromatic rings. The number of rotatable bonds is 5. The molecule has 0 unspecified atom stereocenters. The molecule has 0 N–H and O–H groups in total. The number of aryl methyl sites for hydroxylation is 6. The fraction of sp³-hybridized carbons (Fsp3) is 0.0857. The van der Waals surface area contributed by atoms with Crippen molar-refractivity contribution in [2.24, 2.45) is 0 Å². The van der Waals surface area contributed by atoms with Gasteiger partial charge in [-0.3, -0.25) is 0 Å². The van der Waals surface area contributed by atoms with Crippen molar-refractivity contribution in [3.63, 3.8) is 0 Å². The molecule has 1 aliphatic rings. The Labute approximate surface area is 419 Å². The Balaban J connectivity index is 1.11. The second-order valence-corrected chi connectivity index (χ2v) is 21.2. The maximum Gasteiger partial charge on any atom is 0.0434 e. The van der Waals surface area contributed by atoms with Crippen molar-refractivity contribution in [3.05, 3.63) is 228 Å². The standard InChI is InChI=1S/C70H50S/c1-39-33-41(3)61(42(4)34-39)66-54-26-14-15-27-55(54)67(62-43(5)35-40(2)36-44(62)6)69-57-32-31-47(49-28-18-29-56(65(49)57)68(66)69)58-37-46(38-59-48-21-16-17-30-60(48)71-70(58)59)64-52-24-12-10-22-50(52)63(45-19-8-7-9-20-45)51-23-11-13-25-53(51)64/h7-38H,1-6H3. The van der Waals surface area contributed by atoms with Crippen molar-refractivity contribution < 1.29 is 0 Å². The topological polar surface area (TPSA) is 0 Å². The Kier molecular flexibility index (Phi) is 9.25. The summed E-state index contributed by atoms with van der Waals surface area (Å²) in [5.41, 5.74) is 26.1. The van der Waals surface area contributed by atoms with Gasteiger partial charge >= 0.3 is 0 Å². The van der Waals surface area contributed by atoms with Crippen LogP contribution in [0.1, 0.15) is 33.4 Å². The SMILES string of the molecule is Cc1cc(C)c(-c2c3c(c(-c4c(C)cc(C)cc4C)c4ccccc24)-c2ccc(-c4cc(-c5c6ccccc6c(-c6ccccc6)c6ccccc56)cc5c4sc4ccccc45)c4cccc-3c24)c(C)c1. The van der Waals surface area contributed by atoms with E-state index in [9.17, 15) is 0 Å². The summed E-state index contributed by atoms with van der Waals surface area (Å²) in [6.45, 7) is 13.7. The van der Waals surface area contributed by atoms with Gasteiger partial charge in [0, 0.05) is 25.7 Å².